The molecule has 1 heteroatoms. The highest BCUT2D eigenvalue weighted by molar-refractivity contribution is 5.48. The molecule has 10 heavy (non-hydrogen) atoms. The fourth-order valence-electron chi connectivity index (χ4n) is 1.04. The normalized spacial score (nSPS) is 9.80. The lowest BCUT2D eigenvalue weighted by Crippen LogP contribution is -1.92. The van der Waals surface area contributed by atoms with Crippen LogP contribution in [0.2, 0.25) is 0 Å². The molecule has 0 spiro atoms. The second kappa shape index (κ2) is 2.74. The van der Waals surface area contributed by atoms with E-state index in [1.165, 1.54) is 11.1 Å². The first-order valence-electron chi connectivity index (χ1n) is 3.59. The summed E-state index contributed by atoms with van der Waals surface area (Å²) in [6.45, 7) is 4.16. The molecule has 54 valence electrons. The zero-order valence-corrected chi connectivity index (χ0v) is 6.52. The molecule has 1 aromatic rings. The minimum atomic E-state index is 0.919. The van der Waals surface area contributed by atoms with Crippen molar-refractivity contribution in [3.05, 3.63) is 29.3 Å². The summed E-state index contributed by atoms with van der Waals surface area (Å²) in [4.78, 5) is 0. The molecule has 0 saturated heterocycles. The van der Waals surface area contributed by atoms with Crippen LogP contribution in [0.15, 0.2) is 18.2 Å². The van der Waals surface area contributed by atoms with Gasteiger partial charge in [-0.1, -0.05) is 19.1 Å². The first-order chi connectivity index (χ1) is 4.74. The van der Waals surface area contributed by atoms with Crippen LogP contribution < -0.4 is 5.73 Å². The quantitative estimate of drug-likeness (QED) is 0.586. The zero-order valence-electron chi connectivity index (χ0n) is 6.52. The number of aryl methyl sites for hydroxylation is 2. The van der Waals surface area contributed by atoms with Crippen molar-refractivity contribution in [2.45, 2.75) is 20.3 Å². The summed E-state index contributed by atoms with van der Waals surface area (Å²) in [5.74, 6) is 0. The van der Waals surface area contributed by atoms with Gasteiger partial charge in [-0.3, -0.25) is 0 Å². The lowest BCUT2D eigenvalue weighted by atomic mass is 10.1. The second-order valence-electron chi connectivity index (χ2n) is 2.56. The van der Waals surface area contributed by atoms with Crippen LogP contribution in [0.1, 0.15) is 18.1 Å². The van der Waals surface area contributed by atoms with Crippen molar-refractivity contribution in [2.75, 3.05) is 5.73 Å². The Morgan fingerprint density at radius 2 is 2.10 bits per heavy atom. The molecule has 0 atom stereocenters. The number of hydrogen-bond acceptors (Lipinski definition) is 1. The maximum atomic E-state index is 5.73. The molecule has 2 N–H and O–H groups in total. The van der Waals surface area contributed by atoms with Gasteiger partial charge in [0.05, 0.1) is 0 Å². The van der Waals surface area contributed by atoms with E-state index >= 15 is 0 Å². The minimum Gasteiger partial charge on any atom is -0.398 e. The smallest absolute Gasteiger partial charge is 0.0349 e. The van der Waals surface area contributed by atoms with Gasteiger partial charge in [0.2, 0.25) is 0 Å². The highest BCUT2D eigenvalue weighted by Gasteiger charge is 1.93. The summed E-state index contributed by atoms with van der Waals surface area (Å²) < 4.78 is 0. The van der Waals surface area contributed by atoms with Crippen LogP contribution in [0, 0.1) is 6.92 Å². The number of rotatable bonds is 1. The van der Waals surface area contributed by atoms with Gasteiger partial charge in [0, 0.05) is 5.69 Å². The number of nitrogen functional groups attached to an aromatic ring is 1. The average Bonchev–Trinajstić information content (AvgIpc) is 1.88. The van der Waals surface area contributed by atoms with Crippen molar-refractivity contribution in [3.63, 3.8) is 0 Å². The van der Waals surface area contributed by atoms with E-state index in [0.717, 1.165) is 12.1 Å². The zero-order chi connectivity index (χ0) is 7.56. The molecule has 0 heterocycles. The maximum Gasteiger partial charge on any atom is 0.0349 e. The molecule has 0 fully saturated rings. The third-order valence-corrected chi connectivity index (χ3v) is 1.68. The summed E-state index contributed by atoms with van der Waals surface area (Å²) in [6, 6.07) is 6.19. The van der Waals surface area contributed by atoms with E-state index in [2.05, 4.69) is 26.0 Å². The Kier molecular flexibility index (Phi) is 1.95. The molecule has 1 nitrogen and oxygen atoms in total. The van der Waals surface area contributed by atoms with Crippen molar-refractivity contribution in [3.8, 4) is 0 Å². The van der Waals surface area contributed by atoms with Crippen LogP contribution >= 0.6 is 0 Å². The Balaban J connectivity index is 3.07. The Labute approximate surface area is 61.9 Å². The van der Waals surface area contributed by atoms with Gasteiger partial charge in [-0.2, -0.15) is 0 Å². The van der Waals surface area contributed by atoms with E-state index < -0.39 is 0 Å². The predicted molar refractivity (Wildman–Crippen MR) is 45.0 cm³/mol. The van der Waals surface area contributed by atoms with Crippen LogP contribution in [0.25, 0.3) is 0 Å². The van der Waals surface area contributed by atoms with Crippen molar-refractivity contribution < 1.29 is 0 Å². The fraction of sp³-hybridized carbons (Fsp3) is 0.333. The Hall–Kier alpha value is -0.980. The predicted octanol–water partition coefficient (Wildman–Crippen LogP) is 2.14. The van der Waals surface area contributed by atoms with Crippen molar-refractivity contribution >= 4 is 5.69 Å². The Bertz CT molecular complexity index is 228. The maximum absolute atomic E-state index is 5.73. The SMILES string of the molecule is CCc1ccc(C)cc1N. The van der Waals surface area contributed by atoms with E-state index in [4.69, 9.17) is 5.73 Å². The van der Waals surface area contributed by atoms with Crippen molar-refractivity contribution in [2.24, 2.45) is 0 Å². The average molecular weight is 135 g/mol. The Morgan fingerprint density at radius 3 is 2.60 bits per heavy atom. The summed E-state index contributed by atoms with van der Waals surface area (Å²) in [7, 11) is 0. The van der Waals surface area contributed by atoms with Gasteiger partial charge >= 0.3 is 0 Å². The van der Waals surface area contributed by atoms with Gasteiger partial charge in [-0.05, 0) is 30.5 Å². The summed E-state index contributed by atoms with van der Waals surface area (Å²) in [6.07, 6.45) is 1.02. The molecule has 0 aliphatic rings. The van der Waals surface area contributed by atoms with E-state index in [9.17, 15) is 0 Å². The monoisotopic (exact) mass is 135 g/mol. The van der Waals surface area contributed by atoms with Gasteiger partial charge in [0.1, 0.15) is 0 Å². The van der Waals surface area contributed by atoms with Crippen LogP contribution in [0.3, 0.4) is 0 Å². The lowest BCUT2D eigenvalue weighted by Gasteiger charge is -2.01. The fourth-order valence-corrected chi connectivity index (χ4v) is 1.04. The number of benzene rings is 1. The molecule has 0 aromatic heterocycles. The van der Waals surface area contributed by atoms with Gasteiger partial charge in [-0.25, -0.2) is 0 Å². The molecule has 0 aliphatic heterocycles. The lowest BCUT2D eigenvalue weighted by molar-refractivity contribution is 1.14. The molecule has 0 bridgehead atoms. The molecular formula is C9H13N. The van der Waals surface area contributed by atoms with Gasteiger partial charge in [-0.15, -0.1) is 0 Å². The van der Waals surface area contributed by atoms with Crippen molar-refractivity contribution in [1.29, 1.82) is 0 Å². The van der Waals surface area contributed by atoms with E-state index in [-0.39, 0.29) is 0 Å². The third kappa shape index (κ3) is 1.29. The molecule has 0 unspecified atom stereocenters. The highest BCUT2D eigenvalue weighted by atomic mass is 14.6. The van der Waals surface area contributed by atoms with Crippen molar-refractivity contribution in [1.82, 2.24) is 0 Å². The molecule has 0 aliphatic carbocycles. The number of anilines is 1. The molecule has 1 rings (SSSR count). The molecule has 0 amide bonds. The van der Waals surface area contributed by atoms with Crippen LogP contribution in [0.5, 0.6) is 0 Å². The first kappa shape index (κ1) is 7.13. The van der Waals surface area contributed by atoms with E-state index in [1.54, 1.807) is 0 Å². The molecule has 1 aromatic carbocycles. The standard InChI is InChI=1S/C9H13N/c1-3-8-5-4-7(2)6-9(8)10/h4-6H,3,10H2,1-2H3. The number of hydrogen-bond donors (Lipinski definition) is 1. The van der Waals surface area contributed by atoms with Crippen LogP contribution in [-0.4, -0.2) is 0 Å². The minimum absolute atomic E-state index is 0.919. The second-order valence-corrected chi connectivity index (χ2v) is 2.56. The Morgan fingerprint density at radius 1 is 1.40 bits per heavy atom. The number of nitrogens with two attached hydrogens (primary N) is 1. The van der Waals surface area contributed by atoms with Crippen LogP contribution in [-0.2, 0) is 6.42 Å². The van der Waals surface area contributed by atoms with Gasteiger partial charge in [0.25, 0.3) is 0 Å². The van der Waals surface area contributed by atoms with Gasteiger partial charge < -0.3 is 5.73 Å². The summed E-state index contributed by atoms with van der Waals surface area (Å²) in [5.41, 5.74) is 9.12. The third-order valence-electron chi connectivity index (χ3n) is 1.68. The molecule has 0 radical (unpaired) electrons. The first-order valence-corrected chi connectivity index (χ1v) is 3.59. The van der Waals surface area contributed by atoms with Gasteiger partial charge in [0.15, 0.2) is 0 Å². The highest BCUT2D eigenvalue weighted by Crippen LogP contribution is 2.13. The topological polar surface area (TPSA) is 26.0 Å². The molecule has 0 saturated carbocycles. The van der Waals surface area contributed by atoms with E-state index in [0.29, 0.717) is 0 Å². The summed E-state index contributed by atoms with van der Waals surface area (Å²) in [5, 5.41) is 0. The van der Waals surface area contributed by atoms with E-state index in [1.807, 2.05) is 6.07 Å². The largest absolute Gasteiger partial charge is 0.398 e. The summed E-state index contributed by atoms with van der Waals surface area (Å²) >= 11 is 0. The van der Waals surface area contributed by atoms with Crippen LogP contribution in [0.4, 0.5) is 5.69 Å². The molecular weight excluding hydrogens is 122 g/mol.